The molecule has 4 amide bonds. The normalized spacial score (nSPS) is 13.9. The van der Waals surface area contributed by atoms with E-state index in [2.05, 4.69) is 25.9 Å². The number of nitrogens with two attached hydrogens (primary N) is 3. The number of unbranched alkanes of at least 4 members (excludes halogenated alkanes) is 1. The van der Waals surface area contributed by atoms with Crippen molar-refractivity contribution in [1.29, 1.82) is 0 Å². The zero-order chi connectivity index (χ0) is 28.7. The fraction of sp³-hybridized carbons (Fsp3) is 0.591. The van der Waals surface area contributed by atoms with Crippen LogP contribution in [0.15, 0.2) is 12.5 Å². The van der Waals surface area contributed by atoms with Gasteiger partial charge in [0.25, 0.3) is 0 Å². The molecule has 0 aromatic carbocycles. The summed E-state index contributed by atoms with van der Waals surface area (Å²) in [5.74, 6) is -5.64. The van der Waals surface area contributed by atoms with Crippen LogP contribution in [-0.4, -0.2) is 86.5 Å². The number of nitrogens with zero attached hydrogens (tertiary/aromatic N) is 1. The molecule has 0 bridgehead atoms. The van der Waals surface area contributed by atoms with Gasteiger partial charge in [0, 0.05) is 31.2 Å². The van der Waals surface area contributed by atoms with Crippen LogP contribution in [0.3, 0.4) is 0 Å². The van der Waals surface area contributed by atoms with Crippen molar-refractivity contribution in [1.82, 2.24) is 25.9 Å². The summed E-state index contributed by atoms with van der Waals surface area (Å²) in [5, 5.41) is 25.5. The van der Waals surface area contributed by atoms with Gasteiger partial charge in [-0.15, -0.1) is 0 Å². The minimum Gasteiger partial charge on any atom is -0.481 e. The Hall–Kier alpha value is -4.05. The van der Waals surface area contributed by atoms with E-state index in [1.807, 2.05) is 0 Å². The second-order valence-electron chi connectivity index (χ2n) is 8.63. The summed E-state index contributed by atoms with van der Waals surface area (Å²) in [6.07, 6.45) is 2.78. The van der Waals surface area contributed by atoms with Crippen molar-refractivity contribution in [2.24, 2.45) is 17.2 Å². The number of primary amides is 1. The number of carbonyl (C=O) groups is 6. The van der Waals surface area contributed by atoms with Crippen molar-refractivity contribution in [2.45, 2.75) is 75.5 Å². The molecule has 0 saturated heterocycles. The van der Waals surface area contributed by atoms with E-state index >= 15 is 0 Å². The molecule has 0 aliphatic heterocycles. The highest BCUT2D eigenvalue weighted by Gasteiger charge is 2.31. The number of aromatic amines is 1. The van der Waals surface area contributed by atoms with Crippen LogP contribution in [0.4, 0.5) is 0 Å². The maximum Gasteiger partial charge on any atom is 0.326 e. The van der Waals surface area contributed by atoms with Crippen LogP contribution in [0, 0.1) is 0 Å². The first-order valence-electron chi connectivity index (χ1n) is 12.0. The maximum absolute atomic E-state index is 13.2. The van der Waals surface area contributed by atoms with Gasteiger partial charge in [0.1, 0.15) is 18.1 Å². The van der Waals surface area contributed by atoms with E-state index in [9.17, 15) is 33.9 Å². The zero-order valence-corrected chi connectivity index (χ0v) is 20.9. The van der Waals surface area contributed by atoms with Gasteiger partial charge in [-0.3, -0.25) is 24.0 Å². The first-order valence-corrected chi connectivity index (χ1v) is 12.0. The van der Waals surface area contributed by atoms with Crippen LogP contribution in [0.2, 0.25) is 0 Å². The molecule has 12 N–H and O–H groups in total. The lowest BCUT2D eigenvalue weighted by molar-refractivity contribution is -0.143. The van der Waals surface area contributed by atoms with Crippen molar-refractivity contribution in [3.63, 3.8) is 0 Å². The molecule has 0 saturated carbocycles. The molecule has 0 aliphatic rings. The third-order valence-corrected chi connectivity index (χ3v) is 5.49. The smallest absolute Gasteiger partial charge is 0.326 e. The Morgan fingerprint density at radius 2 is 1.50 bits per heavy atom. The molecular formula is C22H36N8O8. The second kappa shape index (κ2) is 16.6. The molecule has 0 radical (unpaired) electrons. The lowest BCUT2D eigenvalue weighted by atomic mass is 10.0. The number of rotatable bonds is 19. The number of amides is 4. The van der Waals surface area contributed by atoms with Gasteiger partial charge in [-0.2, -0.15) is 0 Å². The molecular weight excluding hydrogens is 504 g/mol. The van der Waals surface area contributed by atoms with E-state index in [4.69, 9.17) is 22.3 Å². The SMILES string of the molecule is NCCCCC(NC(=O)C(N)CCC(N)=O)C(=O)NC(Cc1cnc[nH]1)C(=O)NC(CCC(=O)O)C(=O)O. The third kappa shape index (κ3) is 12.3. The highest BCUT2D eigenvalue weighted by molar-refractivity contribution is 5.94. The topological polar surface area (TPSA) is 286 Å². The molecule has 1 heterocycles. The first-order chi connectivity index (χ1) is 17.9. The van der Waals surface area contributed by atoms with Crippen molar-refractivity contribution in [2.75, 3.05) is 6.54 Å². The summed E-state index contributed by atoms with van der Waals surface area (Å²) in [4.78, 5) is 78.7. The van der Waals surface area contributed by atoms with Crippen LogP contribution in [0.1, 0.15) is 50.6 Å². The van der Waals surface area contributed by atoms with Gasteiger partial charge in [-0.05, 0) is 38.6 Å². The minimum absolute atomic E-state index is 0.0317. The number of hydrogen-bond donors (Lipinski definition) is 9. The summed E-state index contributed by atoms with van der Waals surface area (Å²) < 4.78 is 0. The number of aromatic nitrogens is 2. The minimum atomic E-state index is -1.51. The zero-order valence-electron chi connectivity index (χ0n) is 20.9. The summed E-state index contributed by atoms with van der Waals surface area (Å²) in [6, 6.07) is -5.04. The molecule has 1 rings (SSSR count). The highest BCUT2D eigenvalue weighted by Crippen LogP contribution is 2.07. The maximum atomic E-state index is 13.2. The lowest BCUT2D eigenvalue weighted by Crippen LogP contribution is -2.57. The Morgan fingerprint density at radius 1 is 0.868 bits per heavy atom. The van der Waals surface area contributed by atoms with E-state index in [0.29, 0.717) is 25.1 Å². The first kappa shape index (κ1) is 32.0. The van der Waals surface area contributed by atoms with Crippen molar-refractivity contribution in [3.05, 3.63) is 18.2 Å². The van der Waals surface area contributed by atoms with E-state index < -0.39 is 66.2 Å². The molecule has 0 fully saturated rings. The van der Waals surface area contributed by atoms with E-state index in [-0.39, 0.29) is 32.1 Å². The third-order valence-electron chi connectivity index (χ3n) is 5.49. The summed E-state index contributed by atoms with van der Waals surface area (Å²) in [5.41, 5.74) is 16.8. The average molecular weight is 541 g/mol. The largest absolute Gasteiger partial charge is 0.481 e. The number of imidazole rings is 1. The van der Waals surface area contributed by atoms with Gasteiger partial charge in [0.15, 0.2) is 0 Å². The van der Waals surface area contributed by atoms with Crippen LogP contribution in [0.25, 0.3) is 0 Å². The van der Waals surface area contributed by atoms with Crippen LogP contribution >= 0.6 is 0 Å². The van der Waals surface area contributed by atoms with E-state index in [1.165, 1.54) is 12.5 Å². The summed E-state index contributed by atoms with van der Waals surface area (Å²) in [6.45, 7) is 0.345. The quantitative estimate of drug-likeness (QED) is 0.0801. The lowest BCUT2D eigenvalue weighted by Gasteiger charge is -2.25. The predicted molar refractivity (Wildman–Crippen MR) is 132 cm³/mol. The molecule has 4 unspecified atom stereocenters. The Labute approximate surface area is 218 Å². The fourth-order valence-electron chi connectivity index (χ4n) is 3.36. The molecule has 212 valence electrons. The predicted octanol–water partition coefficient (Wildman–Crippen LogP) is -2.92. The van der Waals surface area contributed by atoms with Crippen LogP contribution < -0.4 is 33.2 Å². The molecule has 16 nitrogen and oxygen atoms in total. The van der Waals surface area contributed by atoms with E-state index in [1.54, 1.807) is 0 Å². The molecule has 0 aliphatic carbocycles. The van der Waals surface area contributed by atoms with Crippen molar-refractivity contribution >= 4 is 35.6 Å². The van der Waals surface area contributed by atoms with Gasteiger partial charge >= 0.3 is 11.9 Å². The van der Waals surface area contributed by atoms with Gasteiger partial charge in [0.2, 0.25) is 23.6 Å². The average Bonchev–Trinajstić information content (AvgIpc) is 3.36. The Morgan fingerprint density at radius 3 is 2.05 bits per heavy atom. The summed E-state index contributed by atoms with van der Waals surface area (Å²) >= 11 is 0. The second-order valence-corrected chi connectivity index (χ2v) is 8.63. The number of carboxylic acids is 2. The van der Waals surface area contributed by atoms with E-state index in [0.717, 1.165) is 0 Å². The number of carboxylic acid groups (broad SMARTS) is 2. The Kier molecular flexibility index (Phi) is 14.0. The van der Waals surface area contributed by atoms with Gasteiger partial charge in [-0.25, -0.2) is 9.78 Å². The molecule has 38 heavy (non-hydrogen) atoms. The standard InChI is InChI=1S/C22H36N8O8/c23-8-2-1-3-14(28-19(34)13(24)4-6-17(25)31)20(35)30-16(9-12-10-26-11-27-12)21(36)29-15(22(37)38)5-7-18(32)33/h10-11,13-16H,1-9,23-24H2,(H2,25,31)(H,26,27)(H,28,34)(H,29,36)(H,30,35)(H,32,33)(H,37,38). The number of carbonyl (C=O) groups excluding carboxylic acids is 4. The molecule has 1 aromatic rings. The van der Waals surface area contributed by atoms with Gasteiger partial charge in [0.05, 0.1) is 12.4 Å². The van der Waals surface area contributed by atoms with Crippen molar-refractivity contribution in [3.8, 4) is 0 Å². The van der Waals surface area contributed by atoms with Gasteiger partial charge < -0.3 is 48.3 Å². The molecule has 4 atom stereocenters. The van der Waals surface area contributed by atoms with Gasteiger partial charge in [-0.1, -0.05) is 0 Å². The fourth-order valence-corrected chi connectivity index (χ4v) is 3.36. The Bertz CT molecular complexity index is 955. The monoisotopic (exact) mass is 540 g/mol. The number of nitrogens with one attached hydrogen (secondary N) is 4. The number of H-pyrrole nitrogens is 1. The Balaban J connectivity index is 3.04. The molecule has 1 aromatic heterocycles. The highest BCUT2D eigenvalue weighted by atomic mass is 16.4. The summed E-state index contributed by atoms with van der Waals surface area (Å²) in [7, 11) is 0. The van der Waals surface area contributed by atoms with Crippen molar-refractivity contribution < 1.29 is 39.0 Å². The van der Waals surface area contributed by atoms with Crippen LogP contribution in [0.5, 0.6) is 0 Å². The number of hydrogen-bond acceptors (Lipinski definition) is 9. The van der Waals surface area contributed by atoms with Crippen LogP contribution in [-0.2, 0) is 35.2 Å². The molecule has 0 spiro atoms. The molecule has 16 heteroatoms. The number of aliphatic carboxylic acids is 2.